The molecule has 27 heavy (non-hydrogen) atoms. The van der Waals surface area contributed by atoms with E-state index in [4.69, 9.17) is 18.9 Å². The number of carbonyl (C=O) groups is 1. The molecule has 0 saturated carbocycles. The van der Waals surface area contributed by atoms with Crippen LogP contribution in [0.5, 0.6) is 11.5 Å². The van der Waals surface area contributed by atoms with Gasteiger partial charge in [0.1, 0.15) is 0 Å². The first-order valence-electron chi connectivity index (χ1n) is 8.45. The molecule has 1 aliphatic rings. The Morgan fingerprint density at radius 1 is 1.15 bits per heavy atom. The third-order valence-electron chi connectivity index (χ3n) is 4.71. The molecule has 0 saturated heterocycles. The Bertz CT molecular complexity index is 661. The monoisotopic (exact) mass is 391 g/mol. The van der Waals surface area contributed by atoms with Crippen LogP contribution in [0.2, 0.25) is 0 Å². The molecule has 1 aliphatic heterocycles. The van der Waals surface area contributed by atoms with E-state index in [1.807, 2.05) is 0 Å². The van der Waals surface area contributed by atoms with E-state index in [1.165, 1.54) is 28.4 Å². The van der Waals surface area contributed by atoms with Gasteiger partial charge >= 0.3 is 12.1 Å². The lowest BCUT2D eigenvalue weighted by atomic mass is 9.89. The van der Waals surface area contributed by atoms with Crippen molar-refractivity contribution in [1.82, 2.24) is 4.90 Å². The Balaban J connectivity index is 2.43. The first-order valence-corrected chi connectivity index (χ1v) is 8.45. The average Bonchev–Trinajstić information content (AvgIpc) is 2.66. The van der Waals surface area contributed by atoms with Crippen molar-refractivity contribution < 1.29 is 36.9 Å². The van der Waals surface area contributed by atoms with Crippen LogP contribution in [0.3, 0.4) is 0 Å². The molecule has 1 aromatic rings. The smallest absolute Gasteiger partial charge is 0.471 e. The van der Waals surface area contributed by atoms with E-state index in [1.54, 1.807) is 12.1 Å². The van der Waals surface area contributed by atoms with Gasteiger partial charge in [0.05, 0.1) is 20.3 Å². The minimum atomic E-state index is -4.94. The lowest BCUT2D eigenvalue weighted by molar-refractivity contribution is -0.189. The average molecular weight is 391 g/mol. The van der Waals surface area contributed by atoms with E-state index < -0.39 is 24.4 Å². The molecule has 152 valence electrons. The summed E-state index contributed by atoms with van der Waals surface area (Å²) in [5, 5.41) is 0. The summed E-state index contributed by atoms with van der Waals surface area (Å²) in [5.74, 6) is -0.950. The molecule has 0 aromatic heterocycles. The number of ether oxygens (including phenoxy) is 4. The molecule has 0 unspecified atom stereocenters. The number of amides is 1. The third-order valence-corrected chi connectivity index (χ3v) is 4.71. The van der Waals surface area contributed by atoms with Gasteiger partial charge in [-0.2, -0.15) is 13.2 Å². The summed E-state index contributed by atoms with van der Waals surface area (Å²) in [5.41, 5.74) is 1.44. The van der Waals surface area contributed by atoms with Crippen molar-refractivity contribution in [2.75, 3.05) is 35.0 Å². The van der Waals surface area contributed by atoms with Crippen LogP contribution in [0.25, 0.3) is 0 Å². The number of rotatable bonds is 7. The molecule has 1 amide bonds. The van der Waals surface area contributed by atoms with Gasteiger partial charge in [0.2, 0.25) is 0 Å². The van der Waals surface area contributed by atoms with Crippen LogP contribution in [0, 0.1) is 0 Å². The van der Waals surface area contributed by atoms with E-state index in [2.05, 4.69) is 0 Å². The molecular weight excluding hydrogens is 367 g/mol. The van der Waals surface area contributed by atoms with Crippen molar-refractivity contribution in [3.63, 3.8) is 0 Å². The predicted octanol–water partition coefficient (Wildman–Crippen LogP) is 3.09. The van der Waals surface area contributed by atoms with Crippen LogP contribution >= 0.6 is 0 Å². The van der Waals surface area contributed by atoms with Crippen molar-refractivity contribution in [2.45, 2.75) is 37.8 Å². The number of hydrogen-bond donors (Lipinski definition) is 0. The summed E-state index contributed by atoms with van der Waals surface area (Å²) in [4.78, 5) is 12.9. The molecule has 2 rings (SSSR count). The summed E-state index contributed by atoms with van der Waals surface area (Å²) >= 11 is 0. The Morgan fingerprint density at radius 3 is 2.26 bits per heavy atom. The topological polar surface area (TPSA) is 57.2 Å². The van der Waals surface area contributed by atoms with E-state index in [0.717, 1.165) is 10.5 Å². The van der Waals surface area contributed by atoms with Gasteiger partial charge in [0.25, 0.3) is 0 Å². The van der Waals surface area contributed by atoms with Gasteiger partial charge in [-0.05, 0) is 36.1 Å². The highest BCUT2D eigenvalue weighted by Gasteiger charge is 2.46. The Morgan fingerprint density at radius 2 is 1.74 bits per heavy atom. The molecule has 1 aromatic carbocycles. The summed E-state index contributed by atoms with van der Waals surface area (Å²) in [7, 11) is 5.85. The van der Waals surface area contributed by atoms with Gasteiger partial charge in [0.15, 0.2) is 17.8 Å². The largest absolute Gasteiger partial charge is 0.493 e. The highest BCUT2D eigenvalue weighted by Crippen LogP contribution is 2.41. The van der Waals surface area contributed by atoms with Crippen LogP contribution in [-0.2, 0) is 20.7 Å². The number of methoxy groups -OCH3 is 4. The molecule has 0 N–H and O–H groups in total. The first kappa shape index (κ1) is 21.3. The van der Waals surface area contributed by atoms with Gasteiger partial charge < -0.3 is 23.8 Å². The second-order valence-corrected chi connectivity index (χ2v) is 6.15. The van der Waals surface area contributed by atoms with Crippen LogP contribution in [-0.4, -0.2) is 58.3 Å². The minimum Gasteiger partial charge on any atom is -0.493 e. The van der Waals surface area contributed by atoms with E-state index >= 15 is 0 Å². The lowest BCUT2D eigenvalue weighted by Gasteiger charge is -2.38. The Hall–Kier alpha value is -2.00. The molecule has 6 nitrogen and oxygen atoms in total. The summed E-state index contributed by atoms with van der Waals surface area (Å²) in [6.07, 6.45) is -4.64. The van der Waals surface area contributed by atoms with E-state index in [0.29, 0.717) is 29.9 Å². The Labute approximate surface area is 156 Å². The van der Waals surface area contributed by atoms with Crippen molar-refractivity contribution in [2.24, 2.45) is 0 Å². The maximum Gasteiger partial charge on any atom is 0.471 e. The molecule has 0 spiro atoms. The van der Waals surface area contributed by atoms with E-state index in [-0.39, 0.29) is 13.0 Å². The fraction of sp³-hybridized carbons (Fsp3) is 0.611. The summed E-state index contributed by atoms with van der Waals surface area (Å²) in [6, 6.07) is 2.62. The number of carbonyl (C=O) groups excluding carboxylic acids is 1. The number of nitrogens with zero attached hydrogens (tertiary/aromatic N) is 1. The maximum atomic E-state index is 13.1. The number of hydrogen-bond acceptors (Lipinski definition) is 5. The van der Waals surface area contributed by atoms with Crippen molar-refractivity contribution >= 4 is 5.91 Å². The molecule has 0 bridgehead atoms. The molecule has 1 atom stereocenters. The highest BCUT2D eigenvalue weighted by molar-refractivity contribution is 5.82. The number of benzene rings is 1. The number of fused-ring (bicyclic) bond motifs is 1. The van der Waals surface area contributed by atoms with Crippen molar-refractivity contribution in [3.05, 3.63) is 23.3 Å². The minimum absolute atomic E-state index is 0.0316. The van der Waals surface area contributed by atoms with Crippen molar-refractivity contribution in [1.29, 1.82) is 0 Å². The fourth-order valence-corrected chi connectivity index (χ4v) is 3.37. The molecule has 0 aliphatic carbocycles. The lowest BCUT2D eigenvalue weighted by Crippen LogP contribution is -2.46. The third kappa shape index (κ3) is 4.65. The van der Waals surface area contributed by atoms with E-state index in [9.17, 15) is 18.0 Å². The van der Waals surface area contributed by atoms with Gasteiger partial charge in [-0.25, -0.2) is 0 Å². The predicted molar refractivity (Wildman–Crippen MR) is 90.8 cm³/mol. The highest BCUT2D eigenvalue weighted by atomic mass is 19.4. The molecular formula is C18H24F3NO5. The molecule has 0 fully saturated rings. The quantitative estimate of drug-likeness (QED) is 0.669. The zero-order valence-corrected chi connectivity index (χ0v) is 15.8. The molecule has 0 radical (unpaired) electrons. The first-order chi connectivity index (χ1) is 12.8. The zero-order valence-electron chi connectivity index (χ0n) is 15.8. The fourth-order valence-electron chi connectivity index (χ4n) is 3.37. The van der Waals surface area contributed by atoms with Gasteiger partial charge in [-0.1, -0.05) is 0 Å². The second kappa shape index (κ2) is 8.79. The zero-order chi connectivity index (χ0) is 20.2. The van der Waals surface area contributed by atoms with Gasteiger partial charge in [-0.15, -0.1) is 0 Å². The second-order valence-electron chi connectivity index (χ2n) is 6.15. The molecule has 1 heterocycles. The maximum absolute atomic E-state index is 13.1. The van der Waals surface area contributed by atoms with Crippen LogP contribution in [0.4, 0.5) is 13.2 Å². The summed E-state index contributed by atoms with van der Waals surface area (Å²) in [6.45, 7) is -0.0316. The molecule has 9 heteroatoms. The number of alkyl halides is 3. The standard InChI is InChI=1S/C18H24F3NO5/c1-24-14-9-11-7-8-22(17(23)18(19,20)21)13(5-6-16(26-3)27-4)12(11)10-15(14)25-2/h9-10,13,16H,5-8H2,1-4H3/t13-/m1/s1. The van der Waals surface area contributed by atoms with Gasteiger partial charge in [0, 0.05) is 27.2 Å². The number of halogens is 3. The van der Waals surface area contributed by atoms with Crippen LogP contribution < -0.4 is 9.47 Å². The van der Waals surface area contributed by atoms with Crippen LogP contribution in [0.1, 0.15) is 30.0 Å². The van der Waals surface area contributed by atoms with Gasteiger partial charge in [-0.3, -0.25) is 4.79 Å². The Kier molecular flexibility index (Phi) is 6.94. The normalized spacial score (nSPS) is 17.0. The van der Waals surface area contributed by atoms with Crippen molar-refractivity contribution in [3.8, 4) is 11.5 Å². The van der Waals surface area contributed by atoms with Crippen LogP contribution in [0.15, 0.2) is 12.1 Å². The summed E-state index contributed by atoms with van der Waals surface area (Å²) < 4.78 is 60.1. The SMILES string of the molecule is COc1cc2c(cc1OC)[C@@H](CCC(OC)OC)N(C(=O)C(F)(F)F)CC2.